The lowest BCUT2D eigenvalue weighted by Gasteiger charge is -2.60. The Kier molecular flexibility index (Phi) is 6.69. The highest BCUT2D eigenvalue weighted by atomic mass is 31.2. The third kappa shape index (κ3) is 4.14. The van der Waals surface area contributed by atoms with Gasteiger partial charge in [-0.15, -0.1) is 0 Å². The second kappa shape index (κ2) is 8.90. The summed E-state index contributed by atoms with van der Waals surface area (Å²) in [7, 11) is -4.70. The maximum absolute atomic E-state index is 13.4. The first-order chi connectivity index (χ1) is 17.8. The third-order valence-corrected chi connectivity index (χ3v) is 12.8. The van der Waals surface area contributed by atoms with Crippen molar-refractivity contribution in [2.75, 3.05) is 0 Å². The maximum Gasteiger partial charge on any atom is 0.666 e. The van der Waals surface area contributed by atoms with Gasteiger partial charge >= 0.3 is 7.75 Å². The molecule has 4 N–H and O–H groups in total. The zero-order valence-corrected chi connectivity index (χ0v) is 24.2. The molecule has 0 amide bonds. The summed E-state index contributed by atoms with van der Waals surface area (Å²) in [4.78, 5) is 25.2. The Morgan fingerprint density at radius 3 is 2.44 bits per heavy atom. The first-order valence-electron chi connectivity index (χ1n) is 14.0. The number of aliphatic hydroxyl groups is 4. The second-order valence-corrected chi connectivity index (χ2v) is 15.7. The van der Waals surface area contributed by atoms with Crippen LogP contribution in [0.15, 0.2) is 11.6 Å². The number of nitro groups is 1. The Morgan fingerprint density at radius 1 is 1.15 bits per heavy atom. The van der Waals surface area contributed by atoms with E-state index in [1.54, 1.807) is 26.8 Å². The molecule has 39 heavy (non-hydrogen) atoms. The van der Waals surface area contributed by atoms with E-state index >= 15 is 0 Å². The molecule has 11 nitrogen and oxygen atoms in total. The number of nitrogens with zero attached hydrogens (tertiary/aromatic N) is 1. The van der Waals surface area contributed by atoms with Gasteiger partial charge in [0.15, 0.2) is 5.78 Å². The fourth-order valence-electron chi connectivity index (χ4n) is 9.07. The molecular formula is C27H42NO10P. The van der Waals surface area contributed by atoms with E-state index in [1.807, 2.05) is 13.8 Å². The van der Waals surface area contributed by atoms with Crippen molar-refractivity contribution in [3.8, 4) is 0 Å². The van der Waals surface area contributed by atoms with Gasteiger partial charge < -0.3 is 20.4 Å². The van der Waals surface area contributed by atoms with Crippen LogP contribution < -0.4 is 0 Å². The predicted octanol–water partition coefficient (Wildman–Crippen LogP) is 3.30. The predicted molar refractivity (Wildman–Crippen MR) is 139 cm³/mol. The number of hydrogen-bond acceptors (Lipinski definition) is 10. The molecule has 1 heterocycles. The molecule has 0 aromatic carbocycles. The van der Waals surface area contributed by atoms with Crippen molar-refractivity contribution >= 4 is 13.5 Å². The van der Waals surface area contributed by atoms with Gasteiger partial charge in [-0.3, -0.25) is 14.9 Å². The molecule has 0 aromatic heterocycles. The molecule has 1 aliphatic heterocycles. The van der Waals surface area contributed by atoms with Gasteiger partial charge in [0.2, 0.25) is 0 Å². The van der Waals surface area contributed by atoms with Crippen LogP contribution in [0.5, 0.6) is 0 Å². The molecule has 5 rings (SSSR count). The van der Waals surface area contributed by atoms with E-state index < -0.39 is 70.2 Å². The van der Waals surface area contributed by atoms with Crippen LogP contribution in [0.25, 0.3) is 0 Å². The molecule has 1 saturated heterocycles. The number of ketones is 1. The minimum atomic E-state index is -4.70. The first kappa shape index (κ1) is 29.3. The molecule has 12 heteroatoms. The van der Waals surface area contributed by atoms with Crippen molar-refractivity contribution in [3.05, 3.63) is 21.8 Å². The number of carbonyl (C=O) groups excluding carboxylic acids is 1. The fourth-order valence-corrected chi connectivity index (χ4v) is 10.6. The van der Waals surface area contributed by atoms with Crippen LogP contribution in [0, 0.1) is 38.7 Å². The van der Waals surface area contributed by atoms with Gasteiger partial charge in [0.25, 0.3) is 0 Å². The van der Waals surface area contributed by atoms with Gasteiger partial charge in [0, 0.05) is 11.3 Å². The summed E-state index contributed by atoms with van der Waals surface area (Å²) >= 11 is 0. The highest BCUT2D eigenvalue weighted by Gasteiger charge is 2.73. The lowest BCUT2D eigenvalue weighted by molar-refractivity contribution is -0.343. The quantitative estimate of drug-likeness (QED) is 0.217. The number of hydrogen-bond donors (Lipinski definition) is 4. The van der Waals surface area contributed by atoms with Gasteiger partial charge in [-0.1, -0.05) is 13.8 Å². The Bertz CT molecular complexity index is 1150. The van der Waals surface area contributed by atoms with E-state index in [-0.39, 0.29) is 43.8 Å². The number of aliphatic hydroxyl groups excluding tert-OH is 2. The standard InChI is InChI=1S/C27H42NO10P/c1-23(2,32)9-8-22-26(5,38-39(36,37-22)28(34)35)21-7-11-27(33)16-12-18(29)17-13-19(30)20(31)14-24(17,3)15(16)6-10-25(21,27)4/h12,15,17,19-22,30-33H,6-11,13-14H2,1-5H3/t15?,17-,19+,20-,21-,22+,24+,25+,26+,27+,39?/m0/s1. The van der Waals surface area contributed by atoms with Crippen LogP contribution in [0.4, 0.5) is 0 Å². The zero-order chi connectivity index (χ0) is 29.0. The SMILES string of the molecule is CC(C)(O)CC[C@H]1OP(=O)([N+](=O)[O-])O[C@]1(C)[C@H]1CC[C@@]2(O)C3=CC(=O)[C@@H]4C[C@@H](O)[C@@H](O)C[C@]4(C)C3CC[C@]12C. The molecule has 0 radical (unpaired) electrons. The monoisotopic (exact) mass is 571 g/mol. The van der Waals surface area contributed by atoms with Crippen LogP contribution in [0.3, 0.4) is 0 Å². The van der Waals surface area contributed by atoms with Crippen molar-refractivity contribution < 1.29 is 43.5 Å². The average molecular weight is 572 g/mol. The molecule has 5 aliphatic rings. The normalized spacial score (nSPS) is 51.6. The average Bonchev–Trinajstić information content (AvgIpc) is 3.25. The minimum Gasteiger partial charge on any atom is -0.390 e. The van der Waals surface area contributed by atoms with Gasteiger partial charge in [-0.05, 0) is 101 Å². The van der Waals surface area contributed by atoms with E-state index in [0.29, 0.717) is 24.8 Å². The molecule has 11 atom stereocenters. The van der Waals surface area contributed by atoms with Gasteiger partial charge in [-0.2, -0.15) is 4.57 Å². The van der Waals surface area contributed by atoms with Gasteiger partial charge in [0.1, 0.15) is 16.4 Å². The highest BCUT2D eigenvalue weighted by molar-refractivity contribution is 7.47. The number of carbonyl (C=O) groups is 1. The number of fused-ring (bicyclic) bond motifs is 5. The largest absolute Gasteiger partial charge is 0.666 e. The van der Waals surface area contributed by atoms with Crippen molar-refractivity contribution in [3.63, 3.8) is 0 Å². The molecule has 0 aromatic rings. The maximum atomic E-state index is 13.4. The summed E-state index contributed by atoms with van der Waals surface area (Å²) in [6, 6.07) is 0. The van der Waals surface area contributed by atoms with E-state index in [2.05, 4.69) is 0 Å². The lowest BCUT2D eigenvalue weighted by Crippen LogP contribution is -2.62. The van der Waals surface area contributed by atoms with Gasteiger partial charge in [-0.25, -0.2) is 9.05 Å². The van der Waals surface area contributed by atoms with E-state index in [0.717, 1.165) is 0 Å². The molecule has 2 unspecified atom stereocenters. The van der Waals surface area contributed by atoms with Crippen LogP contribution >= 0.6 is 7.75 Å². The second-order valence-electron chi connectivity index (χ2n) is 14.0. The zero-order valence-electron chi connectivity index (χ0n) is 23.3. The van der Waals surface area contributed by atoms with E-state index in [4.69, 9.17) is 9.05 Å². The summed E-state index contributed by atoms with van der Waals surface area (Å²) in [6.07, 6.45) is 1.35. The van der Waals surface area contributed by atoms with Crippen molar-refractivity contribution in [2.45, 2.75) is 121 Å². The van der Waals surface area contributed by atoms with Crippen molar-refractivity contribution in [1.29, 1.82) is 0 Å². The Labute approximate surface area is 228 Å². The van der Waals surface area contributed by atoms with Crippen LogP contribution in [-0.2, 0) is 18.4 Å². The molecule has 4 fully saturated rings. The van der Waals surface area contributed by atoms with Crippen molar-refractivity contribution in [1.82, 2.24) is 0 Å². The summed E-state index contributed by atoms with van der Waals surface area (Å²) < 4.78 is 23.5. The first-order valence-corrected chi connectivity index (χ1v) is 15.5. The van der Waals surface area contributed by atoms with E-state index in [9.17, 15) is 39.9 Å². The molecule has 0 bridgehead atoms. The van der Waals surface area contributed by atoms with Crippen LogP contribution in [0.1, 0.15) is 86.0 Å². The summed E-state index contributed by atoms with van der Waals surface area (Å²) in [6.45, 7) is 8.78. The minimum absolute atomic E-state index is 0.164. The van der Waals surface area contributed by atoms with Crippen LogP contribution in [-0.4, -0.2) is 66.0 Å². The Balaban J connectivity index is 1.53. The molecule has 3 saturated carbocycles. The van der Waals surface area contributed by atoms with Crippen molar-refractivity contribution in [2.24, 2.45) is 28.6 Å². The highest BCUT2D eigenvalue weighted by Crippen LogP contribution is 2.72. The van der Waals surface area contributed by atoms with E-state index in [1.165, 1.54) is 0 Å². The number of allylic oxidation sites excluding steroid dienone is 1. The smallest absolute Gasteiger partial charge is 0.390 e. The fraction of sp³-hybridized carbons (Fsp3) is 0.889. The molecule has 4 aliphatic carbocycles. The topological polar surface area (TPSA) is 177 Å². The molecule has 0 spiro atoms. The lowest BCUT2D eigenvalue weighted by atomic mass is 9.45. The summed E-state index contributed by atoms with van der Waals surface area (Å²) in [5.74, 6) is -1.28. The Morgan fingerprint density at radius 2 is 1.82 bits per heavy atom. The summed E-state index contributed by atoms with van der Waals surface area (Å²) in [5.41, 5.74) is -4.75. The molecule has 220 valence electrons. The van der Waals surface area contributed by atoms with Crippen LogP contribution in [0.2, 0.25) is 0 Å². The molecular weight excluding hydrogens is 529 g/mol. The number of rotatable bonds is 5. The van der Waals surface area contributed by atoms with Gasteiger partial charge in [0.05, 0.1) is 23.4 Å². The Hall–Kier alpha value is -1.20. The summed E-state index contributed by atoms with van der Waals surface area (Å²) in [5, 5.41) is 55.4. The third-order valence-electron chi connectivity index (χ3n) is 11.2.